The Kier molecular flexibility index (Phi) is 4.39. The molecule has 0 aliphatic carbocycles. The zero-order valence-corrected chi connectivity index (χ0v) is 10.9. The second kappa shape index (κ2) is 5.37. The lowest BCUT2D eigenvalue weighted by atomic mass is 10.2. The summed E-state index contributed by atoms with van der Waals surface area (Å²) < 4.78 is 89.1. The minimum Gasteiger partial charge on any atom is -0.744 e. The molecule has 0 atom stereocenters. The van der Waals surface area contributed by atoms with Crippen molar-refractivity contribution in [3.8, 4) is 5.75 Å². The third-order valence-electron chi connectivity index (χ3n) is 2.11. The van der Waals surface area contributed by atoms with Crippen molar-refractivity contribution in [2.75, 3.05) is 0 Å². The van der Waals surface area contributed by atoms with E-state index in [1.807, 2.05) is 0 Å². The van der Waals surface area contributed by atoms with Crippen LogP contribution in [-0.2, 0) is 14.9 Å². The van der Waals surface area contributed by atoms with Crippen molar-refractivity contribution >= 4 is 16.1 Å². The van der Waals surface area contributed by atoms with Gasteiger partial charge in [-0.3, -0.25) is 4.79 Å². The van der Waals surface area contributed by atoms with E-state index in [0.29, 0.717) is 0 Å². The first-order valence-corrected chi connectivity index (χ1v) is 6.42. The Labute approximate surface area is 110 Å². The molecule has 0 saturated carbocycles. The van der Waals surface area contributed by atoms with Crippen molar-refractivity contribution < 1.29 is 40.1 Å². The first-order chi connectivity index (χ1) is 8.98. The van der Waals surface area contributed by atoms with E-state index in [1.54, 1.807) is 0 Å². The van der Waals surface area contributed by atoms with Gasteiger partial charge in [-0.1, -0.05) is 13.8 Å². The number of ether oxygens (including phenoxy) is 1. The van der Waals surface area contributed by atoms with Crippen LogP contribution in [0, 0.1) is 29.2 Å². The SMILES string of the molecule is CC(C)C(=O)Oc1c(F)c(F)c(S(=O)(=O)[O-])c(F)c1F. The Morgan fingerprint density at radius 1 is 1.05 bits per heavy atom. The predicted octanol–water partition coefficient (Wildman–Crippen LogP) is 1.71. The van der Waals surface area contributed by atoms with Crippen molar-refractivity contribution in [2.24, 2.45) is 5.92 Å². The molecule has 0 unspecified atom stereocenters. The highest BCUT2D eigenvalue weighted by atomic mass is 32.2. The standard InChI is InChI=1S/C10H8F4O5S/c1-3(2)10(15)19-8-4(11)6(13)9(20(16,17)18)7(14)5(8)12/h3H,1-2H3,(H,16,17,18)/p-1. The van der Waals surface area contributed by atoms with E-state index in [2.05, 4.69) is 4.74 Å². The van der Waals surface area contributed by atoms with Crippen molar-refractivity contribution in [3.63, 3.8) is 0 Å². The van der Waals surface area contributed by atoms with Gasteiger partial charge in [-0.2, -0.15) is 8.78 Å². The molecule has 1 rings (SSSR count). The molecule has 0 radical (unpaired) electrons. The molecule has 0 heterocycles. The molecule has 0 aromatic heterocycles. The normalized spacial score (nSPS) is 11.8. The molecule has 10 heteroatoms. The first kappa shape index (κ1) is 16.4. The van der Waals surface area contributed by atoms with Crippen LogP contribution in [0.3, 0.4) is 0 Å². The number of benzene rings is 1. The number of carbonyl (C=O) groups excluding carboxylic acids is 1. The third-order valence-corrected chi connectivity index (χ3v) is 2.97. The highest BCUT2D eigenvalue weighted by Crippen LogP contribution is 2.32. The molecule has 0 saturated heterocycles. The Balaban J connectivity index is 3.57. The maximum absolute atomic E-state index is 13.4. The van der Waals surface area contributed by atoms with Crippen LogP contribution < -0.4 is 4.74 Å². The zero-order valence-electron chi connectivity index (χ0n) is 10.0. The summed E-state index contributed by atoms with van der Waals surface area (Å²) in [6.45, 7) is 2.56. The van der Waals surface area contributed by atoms with E-state index in [-0.39, 0.29) is 0 Å². The molecular formula is C10H7F4O5S-. The number of rotatable bonds is 3. The molecule has 0 amide bonds. The maximum Gasteiger partial charge on any atom is 0.313 e. The van der Waals surface area contributed by atoms with Crippen LogP contribution in [0.15, 0.2) is 4.90 Å². The lowest BCUT2D eigenvalue weighted by Gasteiger charge is -2.14. The van der Waals surface area contributed by atoms with Crippen LogP contribution in [-0.4, -0.2) is 18.9 Å². The summed E-state index contributed by atoms with van der Waals surface area (Å²) in [5.41, 5.74) is 0. The van der Waals surface area contributed by atoms with E-state index in [4.69, 9.17) is 0 Å². The number of esters is 1. The summed E-state index contributed by atoms with van der Waals surface area (Å²) in [4.78, 5) is 8.83. The van der Waals surface area contributed by atoms with E-state index >= 15 is 0 Å². The van der Waals surface area contributed by atoms with Gasteiger partial charge in [0, 0.05) is 0 Å². The van der Waals surface area contributed by atoms with Crippen LogP contribution >= 0.6 is 0 Å². The van der Waals surface area contributed by atoms with Gasteiger partial charge in [-0.05, 0) is 0 Å². The van der Waals surface area contributed by atoms with Gasteiger partial charge in [0.25, 0.3) is 0 Å². The van der Waals surface area contributed by atoms with Gasteiger partial charge in [-0.15, -0.1) is 0 Å². The Morgan fingerprint density at radius 2 is 1.45 bits per heavy atom. The number of hydrogen-bond acceptors (Lipinski definition) is 5. The monoisotopic (exact) mass is 315 g/mol. The minimum atomic E-state index is -5.79. The quantitative estimate of drug-likeness (QED) is 0.279. The number of hydrogen-bond donors (Lipinski definition) is 0. The van der Waals surface area contributed by atoms with Crippen LogP contribution in [0.1, 0.15) is 13.8 Å². The summed E-state index contributed by atoms with van der Waals surface area (Å²) in [6, 6.07) is 0. The van der Waals surface area contributed by atoms with Crippen molar-refractivity contribution in [1.82, 2.24) is 0 Å². The Morgan fingerprint density at radius 3 is 1.75 bits per heavy atom. The highest BCUT2D eigenvalue weighted by Gasteiger charge is 2.31. The average molecular weight is 315 g/mol. The molecule has 0 N–H and O–H groups in total. The molecule has 0 aliphatic heterocycles. The van der Waals surface area contributed by atoms with Crippen molar-refractivity contribution in [2.45, 2.75) is 18.7 Å². The summed E-state index contributed by atoms with van der Waals surface area (Å²) in [5, 5.41) is 0. The fourth-order valence-electron chi connectivity index (χ4n) is 1.12. The number of halogens is 4. The molecule has 1 aromatic rings. The molecule has 20 heavy (non-hydrogen) atoms. The fourth-order valence-corrected chi connectivity index (χ4v) is 1.74. The fraction of sp³-hybridized carbons (Fsp3) is 0.300. The topological polar surface area (TPSA) is 83.5 Å². The number of carbonyl (C=O) groups is 1. The van der Waals surface area contributed by atoms with Gasteiger partial charge in [0.2, 0.25) is 17.4 Å². The van der Waals surface area contributed by atoms with E-state index in [9.17, 15) is 35.3 Å². The molecule has 0 aliphatic rings. The summed E-state index contributed by atoms with van der Waals surface area (Å²) in [6.07, 6.45) is 0. The molecule has 5 nitrogen and oxygen atoms in total. The van der Waals surface area contributed by atoms with Gasteiger partial charge < -0.3 is 9.29 Å². The Hall–Kier alpha value is -1.68. The maximum atomic E-state index is 13.4. The zero-order chi connectivity index (χ0) is 15.8. The lowest BCUT2D eigenvalue weighted by Crippen LogP contribution is -2.19. The molecule has 0 fully saturated rings. The van der Waals surface area contributed by atoms with Gasteiger partial charge >= 0.3 is 5.97 Å². The highest BCUT2D eigenvalue weighted by molar-refractivity contribution is 7.85. The van der Waals surface area contributed by atoms with Crippen LogP contribution in [0.4, 0.5) is 17.6 Å². The van der Waals surface area contributed by atoms with E-state index < -0.39 is 55.9 Å². The third kappa shape index (κ3) is 2.90. The van der Waals surface area contributed by atoms with Crippen LogP contribution in [0.5, 0.6) is 5.75 Å². The largest absolute Gasteiger partial charge is 0.744 e. The van der Waals surface area contributed by atoms with Crippen LogP contribution in [0.2, 0.25) is 0 Å². The second-order valence-electron chi connectivity index (χ2n) is 3.94. The first-order valence-electron chi connectivity index (χ1n) is 5.02. The smallest absolute Gasteiger partial charge is 0.313 e. The van der Waals surface area contributed by atoms with E-state index in [0.717, 1.165) is 0 Å². The van der Waals surface area contributed by atoms with Crippen LogP contribution in [0.25, 0.3) is 0 Å². The molecule has 0 bridgehead atoms. The van der Waals surface area contributed by atoms with Gasteiger partial charge in [0.1, 0.15) is 15.0 Å². The van der Waals surface area contributed by atoms with Gasteiger partial charge in [0.05, 0.1) is 5.92 Å². The molecule has 112 valence electrons. The van der Waals surface area contributed by atoms with E-state index in [1.165, 1.54) is 13.8 Å². The molecular weight excluding hydrogens is 308 g/mol. The predicted molar refractivity (Wildman–Crippen MR) is 54.7 cm³/mol. The summed E-state index contributed by atoms with van der Waals surface area (Å²) in [5.74, 6) is -13.3. The van der Waals surface area contributed by atoms with Crippen molar-refractivity contribution in [3.05, 3.63) is 23.3 Å². The van der Waals surface area contributed by atoms with Gasteiger partial charge in [0.15, 0.2) is 11.6 Å². The summed E-state index contributed by atoms with van der Waals surface area (Å²) >= 11 is 0. The molecule has 0 spiro atoms. The minimum absolute atomic E-state index is 0.872. The summed E-state index contributed by atoms with van der Waals surface area (Å²) in [7, 11) is -5.79. The Bertz CT molecular complexity index is 640. The second-order valence-corrected chi connectivity index (χ2v) is 5.26. The van der Waals surface area contributed by atoms with Gasteiger partial charge in [-0.25, -0.2) is 17.2 Å². The molecule has 1 aromatic carbocycles. The lowest BCUT2D eigenvalue weighted by molar-refractivity contribution is -0.138. The van der Waals surface area contributed by atoms with Crippen molar-refractivity contribution in [1.29, 1.82) is 0 Å². The average Bonchev–Trinajstić information content (AvgIpc) is 2.30.